The van der Waals surface area contributed by atoms with E-state index in [0.717, 1.165) is 18.2 Å². The fraction of sp³-hybridized carbons (Fsp3) is 0.500. The maximum atomic E-state index is 12.7. The van der Waals surface area contributed by atoms with E-state index in [2.05, 4.69) is 0 Å². The van der Waals surface area contributed by atoms with Crippen LogP contribution < -0.4 is 0 Å². The quantitative estimate of drug-likeness (QED) is 0.421. The molecule has 0 aromatic heterocycles. The molecule has 0 aliphatic carbocycles. The third kappa shape index (κ3) is 3.40. The third-order valence-electron chi connectivity index (χ3n) is 3.13. The number of benzene rings is 1. The fourth-order valence-electron chi connectivity index (χ4n) is 1.90. The van der Waals surface area contributed by atoms with Gasteiger partial charge in [-0.2, -0.15) is 26.3 Å². The van der Waals surface area contributed by atoms with E-state index < -0.39 is 34.3 Å². The summed E-state index contributed by atoms with van der Waals surface area (Å²) in [4.78, 5) is 0. The number of alkyl halides is 8. The van der Waals surface area contributed by atoms with Crippen molar-refractivity contribution in [3.63, 3.8) is 0 Å². The predicted molar refractivity (Wildman–Crippen MR) is 64.2 cm³/mol. The highest BCUT2D eigenvalue weighted by Crippen LogP contribution is 2.53. The van der Waals surface area contributed by atoms with Gasteiger partial charge in [-0.25, -0.2) is 0 Å². The van der Waals surface area contributed by atoms with Gasteiger partial charge in [-0.1, -0.05) is 35.3 Å². The monoisotopic (exact) mass is 352 g/mol. The first-order chi connectivity index (χ1) is 9.37. The number of ether oxygens (including phenoxy) is 1. The molecule has 1 fully saturated rings. The molecular formula is C12H8Cl2F6O. The molecule has 1 nitrogen and oxygen atoms in total. The summed E-state index contributed by atoms with van der Waals surface area (Å²) in [5.41, 5.74) is -2.55. The van der Waals surface area contributed by atoms with Gasteiger partial charge in [0.25, 0.3) is 0 Å². The Morgan fingerprint density at radius 2 is 1.67 bits per heavy atom. The average Bonchev–Trinajstić information content (AvgIpc) is 3.07. The molecule has 0 N–H and O–H groups in total. The van der Waals surface area contributed by atoms with Crippen molar-refractivity contribution in [1.82, 2.24) is 0 Å². The van der Waals surface area contributed by atoms with Crippen LogP contribution in [0.15, 0.2) is 24.3 Å². The summed E-state index contributed by atoms with van der Waals surface area (Å²) < 4.78 is 77.8. The van der Waals surface area contributed by atoms with Crippen LogP contribution >= 0.6 is 23.2 Å². The summed E-state index contributed by atoms with van der Waals surface area (Å²) in [6.45, 7) is -0.175. The van der Waals surface area contributed by atoms with Crippen LogP contribution in [0.4, 0.5) is 26.3 Å². The van der Waals surface area contributed by atoms with Gasteiger partial charge in [0.1, 0.15) is 5.60 Å². The molecule has 21 heavy (non-hydrogen) atoms. The Hall–Kier alpha value is -0.660. The van der Waals surface area contributed by atoms with Crippen molar-refractivity contribution in [3.05, 3.63) is 35.4 Å². The molecule has 0 bridgehead atoms. The minimum absolute atomic E-state index is 0.0350. The summed E-state index contributed by atoms with van der Waals surface area (Å²) in [5, 5.41) is 0. The van der Waals surface area contributed by atoms with Crippen LogP contribution in [0.3, 0.4) is 0 Å². The van der Waals surface area contributed by atoms with Crippen LogP contribution in [-0.4, -0.2) is 17.1 Å². The second-order valence-corrected chi connectivity index (χ2v) is 6.22. The van der Waals surface area contributed by atoms with Crippen molar-refractivity contribution in [1.29, 1.82) is 0 Å². The van der Waals surface area contributed by atoms with Gasteiger partial charge in [-0.15, -0.1) is 0 Å². The van der Waals surface area contributed by atoms with E-state index >= 15 is 0 Å². The minimum atomic E-state index is -4.92. The Morgan fingerprint density at radius 1 is 1.10 bits per heavy atom. The smallest absolute Gasteiger partial charge is 0.364 e. The van der Waals surface area contributed by atoms with E-state index in [1.165, 1.54) is 6.07 Å². The van der Waals surface area contributed by atoms with Crippen molar-refractivity contribution >= 4 is 23.2 Å². The molecule has 118 valence electrons. The highest BCUT2D eigenvalue weighted by molar-refractivity contribution is 6.49. The van der Waals surface area contributed by atoms with E-state index in [1.807, 2.05) is 0 Å². The summed E-state index contributed by atoms with van der Waals surface area (Å²) in [5.74, 6) is 0. The van der Waals surface area contributed by atoms with Gasteiger partial charge >= 0.3 is 12.4 Å². The number of hydrogen-bond donors (Lipinski definition) is 0. The maximum Gasteiger partial charge on any atom is 0.421 e. The summed E-state index contributed by atoms with van der Waals surface area (Å²) in [6.07, 6.45) is -10.4. The molecule has 1 aliphatic heterocycles. The molecule has 1 heterocycles. The zero-order chi connectivity index (χ0) is 16.1. The Balaban J connectivity index is 2.30. The molecule has 1 aromatic carbocycles. The lowest BCUT2D eigenvalue weighted by molar-refractivity contribution is -0.146. The first kappa shape index (κ1) is 16.7. The second kappa shape index (κ2) is 4.93. The van der Waals surface area contributed by atoms with E-state index in [4.69, 9.17) is 27.9 Å². The first-order valence-corrected chi connectivity index (χ1v) is 6.39. The van der Waals surface area contributed by atoms with Gasteiger partial charge in [0.15, 0.2) is 0 Å². The van der Waals surface area contributed by atoms with E-state index in [0.29, 0.717) is 0 Å². The van der Waals surface area contributed by atoms with Crippen LogP contribution in [0.5, 0.6) is 0 Å². The van der Waals surface area contributed by atoms with E-state index in [9.17, 15) is 26.3 Å². The number of epoxide rings is 1. The number of rotatable bonds is 3. The van der Waals surface area contributed by atoms with Gasteiger partial charge in [0.05, 0.1) is 12.2 Å². The normalized spacial score (nSPS) is 23.2. The molecule has 2 rings (SSSR count). The number of hydrogen-bond acceptors (Lipinski definition) is 1. The van der Waals surface area contributed by atoms with Crippen LogP contribution in [0, 0.1) is 0 Å². The van der Waals surface area contributed by atoms with Gasteiger partial charge in [0.2, 0.25) is 4.33 Å². The van der Waals surface area contributed by atoms with Gasteiger partial charge in [-0.3, -0.25) is 0 Å². The SMILES string of the molecule is FC(F)(F)c1cccc(C2(CC(Cl)(Cl)C(F)(F)F)CO2)c1. The van der Waals surface area contributed by atoms with Crippen molar-refractivity contribution < 1.29 is 31.1 Å². The Labute approximate surface area is 125 Å². The van der Waals surface area contributed by atoms with E-state index in [-0.39, 0.29) is 12.2 Å². The standard InChI is InChI=1S/C12H8Cl2F6O/c13-10(14,12(18,19)20)5-9(6-21-9)7-2-1-3-8(4-7)11(15,16)17/h1-4H,5-6H2. The van der Waals surface area contributed by atoms with Crippen molar-refractivity contribution in [2.24, 2.45) is 0 Å². The molecule has 1 saturated heterocycles. The lowest BCUT2D eigenvalue weighted by Crippen LogP contribution is -2.38. The summed E-state index contributed by atoms with van der Waals surface area (Å²) in [7, 11) is 0. The molecule has 0 saturated carbocycles. The maximum absolute atomic E-state index is 12.7. The minimum Gasteiger partial charge on any atom is -0.364 e. The zero-order valence-corrected chi connectivity index (χ0v) is 11.7. The molecule has 1 aliphatic rings. The molecule has 1 atom stereocenters. The number of halogens is 8. The summed E-state index contributed by atoms with van der Waals surface area (Å²) >= 11 is 10.5. The highest BCUT2D eigenvalue weighted by atomic mass is 35.5. The van der Waals surface area contributed by atoms with Crippen LogP contribution in [-0.2, 0) is 16.5 Å². The van der Waals surface area contributed by atoms with Crippen molar-refractivity contribution in [3.8, 4) is 0 Å². The predicted octanol–water partition coefficient (Wildman–Crippen LogP) is 5.06. The Morgan fingerprint density at radius 3 is 2.10 bits per heavy atom. The van der Waals surface area contributed by atoms with Crippen molar-refractivity contribution in [2.75, 3.05) is 6.61 Å². The zero-order valence-electron chi connectivity index (χ0n) is 10.2. The topological polar surface area (TPSA) is 12.5 Å². The van der Waals surface area contributed by atoms with Crippen LogP contribution in [0.25, 0.3) is 0 Å². The van der Waals surface area contributed by atoms with Crippen LogP contribution in [0.1, 0.15) is 17.5 Å². The van der Waals surface area contributed by atoms with Gasteiger partial charge < -0.3 is 4.74 Å². The molecule has 0 amide bonds. The van der Waals surface area contributed by atoms with Crippen molar-refractivity contribution in [2.45, 2.75) is 28.7 Å². The largest absolute Gasteiger partial charge is 0.421 e. The molecule has 1 aromatic rings. The fourth-order valence-corrected chi connectivity index (χ4v) is 2.33. The highest BCUT2D eigenvalue weighted by Gasteiger charge is 2.61. The lowest BCUT2D eigenvalue weighted by Gasteiger charge is -2.26. The lowest BCUT2D eigenvalue weighted by atomic mass is 9.93. The average molecular weight is 353 g/mol. The van der Waals surface area contributed by atoms with Gasteiger partial charge in [-0.05, 0) is 17.7 Å². The second-order valence-electron chi connectivity index (χ2n) is 4.74. The van der Waals surface area contributed by atoms with Gasteiger partial charge in [0, 0.05) is 6.42 Å². The molecule has 0 radical (unpaired) electrons. The third-order valence-corrected chi connectivity index (χ3v) is 3.83. The Kier molecular flexibility index (Phi) is 3.92. The van der Waals surface area contributed by atoms with Crippen LogP contribution in [0.2, 0.25) is 0 Å². The molecule has 9 heteroatoms. The molecule has 1 unspecified atom stereocenters. The first-order valence-electron chi connectivity index (χ1n) is 5.64. The van der Waals surface area contributed by atoms with E-state index in [1.54, 1.807) is 0 Å². The molecular weight excluding hydrogens is 345 g/mol. The Bertz CT molecular complexity index is 533. The molecule has 0 spiro atoms. The summed E-state index contributed by atoms with van der Waals surface area (Å²) in [6, 6.07) is 3.91.